The topological polar surface area (TPSA) is 54.7 Å². The number of rotatable bonds is 3. The van der Waals surface area contributed by atoms with Gasteiger partial charge in [0.2, 0.25) is 0 Å². The summed E-state index contributed by atoms with van der Waals surface area (Å²) in [7, 11) is 0. The van der Waals surface area contributed by atoms with Crippen LogP contribution in [0.5, 0.6) is 0 Å². The number of carbonyl (C=O) groups excluding carboxylic acids is 1. The zero-order chi connectivity index (χ0) is 15.5. The Balaban J connectivity index is 1.87. The van der Waals surface area contributed by atoms with Gasteiger partial charge in [-0.25, -0.2) is 4.79 Å². The van der Waals surface area contributed by atoms with Crippen LogP contribution >= 0.6 is 0 Å². The fourth-order valence-electron chi connectivity index (χ4n) is 2.66. The van der Waals surface area contributed by atoms with Crippen LogP contribution in [0.1, 0.15) is 52.3 Å². The van der Waals surface area contributed by atoms with Gasteiger partial charge in [0.05, 0.1) is 12.3 Å². The number of furan rings is 1. The zero-order valence-corrected chi connectivity index (χ0v) is 13.4. The Labute approximate surface area is 126 Å². The molecule has 0 aliphatic carbocycles. The highest BCUT2D eigenvalue weighted by Crippen LogP contribution is 2.24. The van der Waals surface area contributed by atoms with Crippen molar-refractivity contribution in [3.8, 4) is 0 Å². The summed E-state index contributed by atoms with van der Waals surface area (Å²) in [6.45, 7) is 9.60. The van der Waals surface area contributed by atoms with Gasteiger partial charge in [-0.05, 0) is 59.2 Å². The molecule has 1 aliphatic heterocycles. The van der Waals surface area contributed by atoms with Gasteiger partial charge in [0.15, 0.2) is 0 Å². The Hall–Kier alpha value is -1.49. The third-order valence-corrected chi connectivity index (χ3v) is 3.68. The van der Waals surface area contributed by atoms with E-state index in [1.807, 2.05) is 32.9 Å². The molecule has 5 nitrogen and oxygen atoms in total. The minimum atomic E-state index is -0.458. The molecule has 0 unspecified atom stereocenters. The lowest BCUT2D eigenvalue weighted by molar-refractivity contribution is 0.0453. The lowest BCUT2D eigenvalue weighted by Gasteiger charge is -2.36. The molecule has 2 heterocycles. The van der Waals surface area contributed by atoms with Crippen molar-refractivity contribution in [1.29, 1.82) is 0 Å². The van der Waals surface area contributed by atoms with Crippen LogP contribution in [0.2, 0.25) is 0 Å². The highest BCUT2D eigenvalue weighted by Gasteiger charge is 2.27. The van der Waals surface area contributed by atoms with E-state index in [9.17, 15) is 4.79 Å². The van der Waals surface area contributed by atoms with E-state index in [-0.39, 0.29) is 18.2 Å². The lowest BCUT2D eigenvalue weighted by atomic mass is 10.0. The average molecular weight is 294 g/mol. The third-order valence-electron chi connectivity index (χ3n) is 3.68. The van der Waals surface area contributed by atoms with Crippen molar-refractivity contribution >= 4 is 6.09 Å². The Morgan fingerprint density at radius 1 is 1.52 bits per heavy atom. The first-order valence-corrected chi connectivity index (χ1v) is 7.62. The van der Waals surface area contributed by atoms with E-state index < -0.39 is 5.60 Å². The zero-order valence-electron chi connectivity index (χ0n) is 13.4. The monoisotopic (exact) mass is 294 g/mol. The molecular formula is C16H26N2O3. The fourth-order valence-corrected chi connectivity index (χ4v) is 2.66. The first-order valence-electron chi connectivity index (χ1n) is 7.62. The molecule has 1 N–H and O–H groups in total. The summed E-state index contributed by atoms with van der Waals surface area (Å²) in [5.41, 5.74) is -0.458. The number of amides is 1. The Kier molecular flexibility index (Phi) is 4.93. The number of piperidine rings is 1. The molecule has 1 aliphatic rings. The molecule has 21 heavy (non-hydrogen) atoms. The minimum Gasteiger partial charge on any atom is -0.468 e. The standard InChI is InChI=1S/C16H26N2O3/c1-12(14-8-6-10-20-14)18-9-5-7-13(11-18)17-15(19)21-16(2,3)4/h6,8,10,12-13H,5,7,9,11H2,1-4H3,(H,17,19)/t12-,13+/m0/s1. The van der Waals surface area contributed by atoms with Crippen LogP contribution in [0.4, 0.5) is 4.79 Å². The maximum absolute atomic E-state index is 11.9. The van der Waals surface area contributed by atoms with E-state index in [0.29, 0.717) is 0 Å². The first-order chi connectivity index (χ1) is 9.85. The summed E-state index contributed by atoms with van der Waals surface area (Å²) in [5.74, 6) is 0.966. The Bertz CT molecular complexity index is 451. The largest absolute Gasteiger partial charge is 0.468 e. The minimum absolute atomic E-state index is 0.131. The molecule has 0 saturated carbocycles. The van der Waals surface area contributed by atoms with Gasteiger partial charge in [-0.3, -0.25) is 4.90 Å². The number of alkyl carbamates (subject to hydrolysis) is 1. The summed E-state index contributed by atoms with van der Waals surface area (Å²) in [6, 6.07) is 4.26. The van der Waals surface area contributed by atoms with Crippen molar-refractivity contribution < 1.29 is 13.9 Å². The average Bonchev–Trinajstić information content (AvgIpc) is 2.89. The van der Waals surface area contributed by atoms with Gasteiger partial charge in [-0.2, -0.15) is 0 Å². The molecule has 2 atom stereocenters. The predicted molar refractivity (Wildman–Crippen MR) is 81.1 cm³/mol. The normalized spacial score (nSPS) is 21.8. The first kappa shape index (κ1) is 15.9. The van der Waals surface area contributed by atoms with Crippen molar-refractivity contribution in [3.63, 3.8) is 0 Å². The van der Waals surface area contributed by atoms with E-state index in [1.54, 1.807) is 6.26 Å². The molecule has 0 radical (unpaired) electrons. The molecule has 5 heteroatoms. The molecule has 0 spiro atoms. The van der Waals surface area contributed by atoms with Crippen molar-refractivity contribution in [2.45, 2.75) is 58.2 Å². The van der Waals surface area contributed by atoms with Crippen LogP contribution in [0.3, 0.4) is 0 Å². The Morgan fingerprint density at radius 3 is 2.90 bits per heavy atom. The summed E-state index contributed by atoms with van der Waals surface area (Å²) in [6.07, 6.45) is 3.42. The summed E-state index contributed by atoms with van der Waals surface area (Å²) < 4.78 is 10.8. The summed E-state index contributed by atoms with van der Waals surface area (Å²) in [4.78, 5) is 14.2. The van der Waals surface area contributed by atoms with Gasteiger partial charge in [0, 0.05) is 12.6 Å². The molecule has 1 saturated heterocycles. The molecule has 1 aromatic rings. The number of hydrogen-bond acceptors (Lipinski definition) is 4. The number of nitrogens with one attached hydrogen (secondary N) is 1. The molecular weight excluding hydrogens is 268 g/mol. The van der Waals surface area contributed by atoms with E-state index in [2.05, 4.69) is 17.1 Å². The Morgan fingerprint density at radius 2 is 2.29 bits per heavy atom. The van der Waals surface area contributed by atoms with Crippen molar-refractivity contribution in [2.24, 2.45) is 0 Å². The molecule has 0 bridgehead atoms. The molecule has 1 aromatic heterocycles. The van der Waals surface area contributed by atoms with Gasteiger partial charge < -0.3 is 14.5 Å². The van der Waals surface area contributed by atoms with Gasteiger partial charge in [0.25, 0.3) is 0 Å². The second-order valence-corrected chi connectivity index (χ2v) is 6.67. The highest BCUT2D eigenvalue weighted by molar-refractivity contribution is 5.68. The van der Waals surface area contributed by atoms with Crippen LogP contribution in [-0.2, 0) is 4.74 Å². The van der Waals surface area contributed by atoms with Crippen LogP contribution < -0.4 is 5.32 Å². The van der Waals surface area contributed by atoms with Gasteiger partial charge in [-0.15, -0.1) is 0 Å². The molecule has 118 valence electrons. The van der Waals surface area contributed by atoms with Crippen LogP contribution in [0, 0.1) is 0 Å². The molecule has 0 aromatic carbocycles. The maximum atomic E-state index is 11.9. The van der Waals surface area contributed by atoms with Gasteiger partial charge in [0.1, 0.15) is 11.4 Å². The van der Waals surface area contributed by atoms with Crippen molar-refractivity contribution in [1.82, 2.24) is 10.2 Å². The summed E-state index contributed by atoms with van der Waals surface area (Å²) >= 11 is 0. The van der Waals surface area contributed by atoms with E-state index in [4.69, 9.17) is 9.15 Å². The predicted octanol–water partition coefficient (Wildman–Crippen LogP) is 3.33. The lowest BCUT2D eigenvalue weighted by Crippen LogP contribution is -2.49. The second kappa shape index (κ2) is 6.52. The van der Waals surface area contributed by atoms with E-state index in [0.717, 1.165) is 31.7 Å². The molecule has 2 rings (SSSR count). The number of nitrogens with zero attached hydrogens (tertiary/aromatic N) is 1. The third kappa shape index (κ3) is 4.77. The summed E-state index contributed by atoms with van der Waals surface area (Å²) in [5, 5.41) is 2.97. The van der Waals surface area contributed by atoms with Crippen molar-refractivity contribution in [2.75, 3.05) is 13.1 Å². The smallest absolute Gasteiger partial charge is 0.407 e. The highest BCUT2D eigenvalue weighted by atomic mass is 16.6. The fraction of sp³-hybridized carbons (Fsp3) is 0.688. The quantitative estimate of drug-likeness (QED) is 0.929. The number of carbonyl (C=O) groups is 1. The van der Waals surface area contributed by atoms with Crippen molar-refractivity contribution in [3.05, 3.63) is 24.2 Å². The van der Waals surface area contributed by atoms with Crippen LogP contribution in [0.25, 0.3) is 0 Å². The molecule has 1 fully saturated rings. The van der Waals surface area contributed by atoms with Gasteiger partial charge >= 0.3 is 6.09 Å². The number of hydrogen-bond donors (Lipinski definition) is 1. The maximum Gasteiger partial charge on any atom is 0.407 e. The SMILES string of the molecule is C[C@@H](c1ccco1)N1CCC[C@@H](NC(=O)OC(C)(C)C)C1. The van der Waals surface area contributed by atoms with Crippen LogP contribution in [0.15, 0.2) is 22.8 Å². The molecule has 1 amide bonds. The van der Waals surface area contributed by atoms with Gasteiger partial charge in [-0.1, -0.05) is 0 Å². The van der Waals surface area contributed by atoms with E-state index >= 15 is 0 Å². The van der Waals surface area contributed by atoms with Crippen LogP contribution in [-0.4, -0.2) is 35.7 Å². The second-order valence-electron chi connectivity index (χ2n) is 6.67. The number of likely N-dealkylation sites (tertiary alicyclic amines) is 1. The van der Waals surface area contributed by atoms with E-state index in [1.165, 1.54) is 0 Å². The number of ether oxygens (including phenoxy) is 1.